The van der Waals surface area contributed by atoms with Crippen molar-refractivity contribution in [3.05, 3.63) is 52.7 Å². The number of fused-ring (bicyclic) bond motifs is 1. The number of anilines is 1. The molecular weight excluding hydrogens is 469 g/mol. The van der Waals surface area contributed by atoms with E-state index in [0.29, 0.717) is 12.0 Å². The van der Waals surface area contributed by atoms with Gasteiger partial charge in [0, 0.05) is 25.0 Å². The number of ether oxygens (including phenoxy) is 1. The van der Waals surface area contributed by atoms with Crippen molar-refractivity contribution < 1.29 is 33.7 Å². The number of aromatic amines is 1. The maximum Gasteiger partial charge on any atom is 0.362 e. The lowest BCUT2D eigenvalue weighted by atomic mass is 9.96. The van der Waals surface area contributed by atoms with Gasteiger partial charge in [-0.05, 0) is 24.6 Å². The van der Waals surface area contributed by atoms with Gasteiger partial charge in [-0.3, -0.25) is 23.9 Å². The van der Waals surface area contributed by atoms with Crippen LogP contribution in [0.1, 0.15) is 31.2 Å². The maximum absolute atomic E-state index is 13.5. The maximum atomic E-state index is 13.5. The summed E-state index contributed by atoms with van der Waals surface area (Å²) >= 11 is 0. The molecule has 3 aromatic rings. The van der Waals surface area contributed by atoms with Gasteiger partial charge in [0.25, 0.3) is 5.56 Å². The van der Waals surface area contributed by atoms with E-state index in [0.717, 1.165) is 0 Å². The number of aliphatic hydroxyl groups is 3. The average Bonchev–Trinajstić information content (AvgIpc) is 3.32. The minimum absolute atomic E-state index is 0.0325. The molecule has 7 atom stereocenters. The van der Waals surface area contributed by atoms with E-state index in [1.54, 1.807) is 24.5 Å². The molecule has 34 heavy (non-hydrogen) atoms. The molecule has 2 saturated heterocycles. The number of nitrogens with two attached hydrogens (primary N) is 1. The number of nitrogens with zero attached hydrogens (tertiary/aromatic N) is 3. The molecule has 14 heteroatoms. The zero-order valence-corrected chi connectivity index (χ0v) is 18.9. The van der Waals surface area contributed by atoms with E-state index in [9.17, 15) is 24.7 Å². The van der Waals surface area contributed by atoms with Crippen LogP contribution in [-0.2, 0) is 18.3 Å². The predicted octanol–water partition coefficient (Wildman–Crippen LogP) is 0.401. The second kappa shape index (κ2) is 8.24. The Morgan fingerprint density at radius 1 is 1.41 bits per heavy atom. The van der Waals surface area contributed by atoms with Gasteiger partial charge in [0.2, 0.25) is 5.95 Å². The van der Waals surface area contributed by atoms with Gasteiger partial charge in [-0.2, -0.15) is 4.98 Å². The topological polar surface area (TPSA) is 195 Å². The van der Waals surface area contributed by atoms with Crippen molar-refractivity contribution in [1.82, 2.24) is 19.5 Å². The van der Waals surface area contributed by atoms with Crippen LogP contribution >= 0.6 is 7.60 Å². The molecule has 0 aliphatic carbocycles. The fraction of sp³-hybridized carbons (Fsp3) is 0.450. The summed E-state index contributed by atoms with van der Waals surface area (Å²) in [5.74, 6) is -2.07. The number of nitrogens with one attached hydrogen (secondary N) is 1. The molecule has 0 radical (unpaired) electrons. The van der Waals surface area contributed by atoms with E-state index < -0.39 is 49.1 Å². The second-order valence-corrected chi connectivity index (χ2v) is 10.6. The highest BCUT2D eigenvalue weighted by Crippen LogP contribution is 2.61. The van der Waals surface area contributed by atoms with Crippen molar-refractivity contribution >= 4 is 24.6 Å². The molecule has 182 valence electrons. The zero-order valence-electron chi connectivity index (χ0n) is 18.0. The van der Waals surface area contributed by atoms with Crippen LogP contribution in [-0.4, -0.2) is 65.1 Å². The summed E-state index contributed by atoms with van der Waals surface area (Å²) in [6, 6.07) is 4.90. The van der Waals surface area contributed by atoms with Gasteiger partial charge in [-0.1, -0.05) is 6.07 Å². The first kappa shape index (κ1) is 23.1. The van der Waals surface area contributed by atoms with Gasteiger partial charge < -0.3 is 34.9 Å². The van der Waals surface area contributed by atoms with E-state index in [-0.39, 0.29) is 23.6 Å². The van der Waals surface area contributed by atoms with Gasteiger partial charge in [-0.15, -0.1) is 0 Å². The Hall–Kier alpha value is -2.64. The summed E-state index contributed by atoms with van der Waals surface area (Å²) in [6.45, 7) is 1.32. The van der Waals surface area contributed by atoms with E-state index in [1.165, 1.54) is 23.8 Å². The quantitative estimate of drug-likeness (QED) is 0.316. The highest BCUT2D eigenvalue weighted by Gasteiger charge is 2.60. The summed E-state index contributed by atoms with van der Waals surface area (Å²) in [7, 11) is -4.20. The lowest BCUT2D eigenvalue weighted by Crippen LogP contribution is -2.46. The average molecular weight is 493 g/mol. The molecule has 3 aromatic heterocycles. The lowest BCUT2D eigenvalue weighted by Gasteiger charge is -2.35. The van der Waals surface area contributed by atoms with Gasteiger partial charge in [0.1, 0.15) is 17.8 Å². The van der Waals surface area contributed by atoms with Crippen molar-refractivity contribution in [2.24, 2.45) is 0 Å². The highest BCUT2D eigenvalue weighted by molar-refractivity contribution is 7.54. The fourth-order valence-electron chi connectivity index (χ4n) is 4.33. The van der Waals surface area contributed by atoms with E-state index in [2.05, 4.69) is 15.0 Å². The Morgan fingerprint density at radius 2 is 2.21 bits per heavy atom. The third-order valence-corrected chi connectivity index (χ3v) is 8.18. The summed E-state index contributed by atoms with van der Waals surface area (Å²) in [6.07, 6.45) is -0.231. The number of nitrogen functional groups attached to an aromatic ring is 1. The molecule has 2 fully saturated rings. The van der Waals surface area contributed by atoms with Crippen LogP contribution < -0.4 is 11.3 Å². The fourth-order valence-corrected chi connectivity index (χ4v) is 6.20. The minimum atomic E-state index is -4.20. The van der Waals surface area contributed by atoms with Crippen molar-refractivity contribution in [3.63, 3.8) is 0 Å². The Bertz CT molecular complexity index is 1310. The van der Waals surface area contributed by atoms with Crippen LogP contribution in [0.4, 0.5) is 5.95 Å². The van der Waals surface area contributed by atoms with Crippen molar-refractivity contribution in [2.45, 2.75) is 49.3 Å². The summed E-state index contributed by atoms with van der Waals surface area (Å²) in [5, 5.41) is 33.1. The Labute approximate surface area is 192 Å². The number of hydrogen-bond acceptors (Lipinski definition) is 11. The molecule has 1 unspecified atom stereocenters. The van der Waals surface area contributed by atoms with E-state index >= 15 is 0 Å². The van der Waals surface area contributed by atoms with Crippen LogP contribution in [0.3, 0.4) is 0 Å². The van der Waals surface area contributed by atoms with Gasteiger partial charge in [0.15, 0.2) is 17.7 Å². The monoisotopic (exact) mass is 493 g/mol. The third-order valence-electron chi connectivity index (χ3n) is 6.15. The molecule has 0 aromatic carbocycles. The molecular formula is C20H24N5O8P. The number of rotatable bonds is 4. The van der Waals surface area contributed by atoms with Crippen LogP contribution in [0, 0.1) is 0 Å². The predicted molar refractivity (Wildman–Crippen MR) is 118 cm³/mol. The van der Waals surface area contributed by atoms with Crippen LogP contribution in [0.5, 0.6) is 0 Å². The van der Waals surface area contributed by atoms with E-state index in [4.69, 9.17) is 19.5 Å². The first-order valence-corrected chi connectivity index (χ1v) is 12.2. The van der Waals surface area contributed by atoms with Gasteiger partial charge in [0.05, 0.1) is 18.1 Å². The van der Waals surface area contributed by atoms with Gasteiger partial charge in [-0.25, -0.2) is 0 Å². The molecule has 5 heterocycles. The number of H-pyrrole nitrogens is 1. The van der Waals surface area contributed by atoms with Crippen LogP contribution in [0.2, 0.25) is 0 Å². The van der Waals surface area contributed by atoms with Crippen molar-refractivity contribution in [3.8, 4) is 0 Å². The van der Waals surface area contributed by atoms with Crippen molar-refractivity contribution in [2.75, 3.05) is 12.3 Å². The Morgan fingerprint density at radius 3 is 2.94 bits per heavy atom. The molecule has 2 aliphatic heterocycles. The molecule has 0 spiro atoms. The first-order valence-electron chi connectivity index (χ1n) is 10.5. The van der Waals surface area contributed by atoms with Crippen molar-refractivity contribution in [1.29, 1.82) is 0 Å². The smallest absolute Gasteiger partial charge is 0.362 e. The molecule has 0 saturated carbocycles. The second-order valence-electron chi connectivity index (χ2n) is 8.49. The lowest BCUT2D eigenvalue weighted by molar-refractivity contribution is -0.0973. The normalized spacial score (nSPS) is 34.9. The SMILES string of the molecule is C[C@@]1(O)[C@H](O)[C@@H](C(O)[P@@]2(=O)OCC[C@H](c3cccnc3)O2)O[C@H]1n1ccc2c(=O)[nH]c(N)nc21. The number of pyridine rings is 1. The molecule has 2 aliphatic rings. The Balaban J connectivity index is 1.45. The summed E-state index contributed by atoms with van der Waals surface area (Å²) in [5.41, 5.74) is 3.93. The molecule has 5 rings (SSSR count). The number of hydrogen-bond donors (Lipinski definition) is 5. The minimum Gasteiger partial charge on any atom is -0.387 e. The standard InChI is InChI=1S/C20H24N5O8P/c1-20(29)14(26)13(32-18(20)25-7-4-11-15(25)23-19(21)24-16(11)27)17(28)34(30)31-8-5-12(33-34)10-3-2-6-22-9-10/h2-4,6-7,9,12-14,17-18,26,28-29H,5,8H2,1H3,(H3,21,23,24,27)/t12-,13+,14-,17?,18-,20-,34-/m1/s1. The molecule has 0 bridgehead atoms. The largest absolute Gasteiger partial charge is 0.387 e. The molecule has 0 amide bonds. The Kier molecular flexibility index (Phi) is 5.60. The van der Waals surface area contributed by atoms with Crippen LogP contribution in [0.25, 0.3) is 11.0 Å². The molecule has 13 nitrogen and oxygen atoms in total. The number of aromatic nitrogens is 4. The highest BCUT2D eigenvalue weighted by atomic mass is 31.2. The van der Waals surface area contributed by atoms with E-state index in [1.807, 2.05) is 0 Å². The molecule has 6 N–H and O–H groups in total. The van der Waals surface area contributed by atoms with Crippen LogP contribution in [0.15, 0.2) is 41.6 Å². The van der Waals surface area contributed by atoms with Gasteiger partial charge >= 0.3 is 7.60 Å². The summed E-state index contributed by atoms with van der Waals surface area (Å²) < 4.78 is 31.6. The number of aliphatic hydroxyl groups excluding tert-OH is 2. The first-order chi connectivity index (χ1) is 16.1. The summed E-state index contributed by atoms with van der Waals surface area (Å²) in [4.78, 5) is 22.6. The third kappa shape index (κ3) is 3.66. The zero-order chi connectivity index (χ0) is 24.3.